The molecule has 0 amide bonds. The second kappa shape index (κ2) is 5.59. The highest BCUT2D eigenvalue weighted by Gasteiger charge is 2.14. The molecule has 1 atom stereocenters. The van der Waals surface area contributed by atoms with Crippen LogP contribution in [-0.2, 0) is 0 Å². The first-order valence-corrected chi connectivity index (χ1v) is 5.58. The summed E-state index contributed by atoms with van der Waals surface area (Å²) >= 11 is 12.0. The summed E-state index contributed by atoms with van der Waals surface area (Å²) in [7, 11) is 1.60. The van der Waals surface area contributed by atoms with Crippen LogP contribution in [0.3, 0.4) is 0 Å². The van der Waals surface area contributed by atoms with Gasteiger partial charge in [0.05, 0.1) is 12.1 Å². The van der Waals surface area contributed by atoms with Crippen molar-refractivity contribution in [2.24, 2.45) is 5.73 Å². The van der Waals surface area contributed by atoms with Gasteiger partial charge in [0.15, 0.2) is 0 Å². The van der Waals surface area contributed by atoms with E-state index in [1.807, 2.05) is 6.07 Å². The van der Waals surface area contributed by atoms with Gasteiger partial charge in [-0.25, -0.2) is 0 Å². The first-order valence-electron chi connectivity index (χ1n) is 4.83. The Hall–Kier alpha value is -0.440. The summed E-state index contributed by atoms with van der Waals surface area (Å²) in [6, 6.07) is 3.56. The van der Waals surface area contributed by atoms with Crippen molar-refractivity contribution in [1.82, 2.24) is 0 Å². The van der Waals surface area contributed by atoms with E-state index in [2.05, 4.69) is 6.92 Å². The first-order chi connectivity index (χ1) is 7.10. The third-order valence-electron chi connectivity index (χ3n) is 2.37. The molecule has 2 nitrogen and oxygen atoms in total. The van der Waals surface area contributed by atoms with Crippen molar-refractivity contribution in [2.45, 2.75) is 19.3 Å². The minimum Gasteiger partial charge on any atom is -0.495 e. The molecule has 0 heterocycles. The minimum atomic E-state index is 0.293. The molecule has 1 aromatic rings. The Morgan fingerprint density at radius 2 is 2.07 bits per heavy atom. The minimum absolute atomic E-state index is 0.293. The fourth-order valence-electron chi connectivity index (χ4n) is 1.57. The Morgan fingerprint density at radius 3 is 2.60 bits per heavy atom. The lowest BCUT2D eigenvalue weighted by atomic mass is 9.97. The van der Waals surface area contributed by atoms with E-state index in [0.29, 0.717) is 28.3 Å². The highest BCUT2D eigenvalue weighted by molar-refractivity contribution is 6.35. The molecule has 84 valence electrons. The molecule has 0 spiro atoms. The lowest BCUT2D eigenvalue weighted by molar-refractivity contribution is 0.406. The Bertz CT molecular complexity index is 342. The molecule has 2 N–H and O–H groups in total. The predicted molar refractivity (Wildman–Crippen MR) is 65.1 cm³/mol. The van der Waals surface area contributed by atoms with Gasteiger partial charge in [-0.1, -0.05) is 30.1 Å². The molecule has 1 unspecified atom stereocenters. The Labute approximate surface area is 100 Å². The fourth-order valence-corrected chi connectivity index (χ4v) is 2.15. The zero-order valence-corrected chi connectivity index (χ0v) is 10.4. The summed E-state index contributed by atoms with van der Waals surface area (Å²) < 4.78 is 5.27. The van der Waals surface area contributed by atoms with Gasteiger partial charge >= 0.3 is 0 Å². The predicted octanol–water partition coefficient (Wildman–Crippen LogP) is 3.45. The maximum Gasteiger partial charge on any atom is 0.141 e. The largest absolute Gasteiger partial charge is 0.495 e. The Kier molecular flexibility index (Phi) is 4.71. The zero-order chi connectivity index (χ0) is 11.4. The molecule has 0 aromatic heterocycles. The molecule has 0 radical (unpaired) electrons. The van der Waals surface area contributed by atoms with Crippen LogP contribution in [-0.4, -0.2) is 13.7 Å². The van der Waals surface area contributed by atoms with Gasteiger partial charge in [-0.15, -0.1) is 0 Å². The van der Waals surface area contributed by atoms with E-state index >= 15 is 0 Å². The van der Waals surface area contributed by atoms with Gasteiger partial charge < -0.3 is 10.5 Å². The Morgan fingerprint density at radius 1 is 1.40 bits per heavy atom. The van der Waals surface area contributed by atoms with Gasteiger partial charge in [-0.3, -0.25) is 0 Å². The van der Waals surface area contributed by atoms with Crippen LogP contribution in [0.25, 0.3) is 0 Å². The van der Waals surface area contributed by atoms with Crippen LogP contribution in [0.1, 0.15) is 24.8 Å². The molecule has 1 aromatic carbocycles. The summed E-state index contributed by atoms with van der Waals surface area (Å²) in [5.41, 5.74) is 6.54. The molecule has 0 aliphatic heterocycles. The summed E-state index contributed by atoms with van der Waals surface area (Å²) in [6.07, 6.45) is 0.882. The maximum atomic E-state index is 6.04. The lowest BCUT2D eigenvalue weighted by Crippen LogP contribution is -2.06. The number of ether oxygens (including phenoxy) is 1. The first kappa shape index (κ1) is 12.6. The number of hydrogen-bond acceptors (Lipinski definition) is 2. The van der Waals surface area contributed by atoms with Gasteiger partial charge in [0.1, 0.15) is 5.75 Å². The van der Waals surface area contributed by atoms with Crippen molar-refractivity contribution in [3.8, 4) is 5.75 Å². The second-order valence-corrected chi connectivity index (χ2v) is 4.33. The van der Waals surface area contributed by atoms with Crippen molar-refractivity contribution < 1.29 is 4.74 Å². The smallest absolute Gasteiger partial charge is 0.141 e. The van der Waals surface area contributed by atoms with Gasteiger partial charge in [-0.2, -0.15) is 0 Å². The quantitative estimate of drug-likeness (QED) is 0.885. The van der Waals surface area contributed by atoms with Crippen molar-refractivity contribution >= 4 is 23.2 Å². The lowest BCUT2D eigenvalue weighted by Gasteiger charge is -2.16. The van der Waals surface area contributed by atoms with Crippen LogP contribution in [0, 0.1) is 0 Å². The van der Waals surface area contributed by atoms with Crippen LogP contribution in [0.2, 0.25) is 10.0 Å². The van der Waals surface area contributed by atoms with Crippen LogP contribution < -0.4 is 10.5 Å². The third kappa shape index (κ3) is 3.00. The number of nitrogens with two attached hydrogens (primary N) is 1. The van der Waals surface area contributed by atoms with Crippen LogP contribution in [0.4, 0.5) is 0 Å². The topological polar surface area (TPSA) is 35.2 Å². The highest BCUT2D eigenvalue weighted by Crippen LogP contribution is 2.37. The number of methoxy groups -OCH3 is 1. The average Bonchev–Trinajstić information content (AvgIpc) is 2.17. The average molecular weight is 248 g/mol. The molecule has 1 rings (SSSR count). The number of hydrogen-bond donors (Lipinski definition) is 1. The molecule has 0 aliphatic carbocycles. The maximum absolute atomic E-state index is 6.04. The van der Waals surface area contributed by atoms with Crippen molar-refractivity contribution in [1.29, 1.82) is 0 Å². The molecule has 0 bridgehead atoms. The number of benzene rings is 1. The fraction of sp³-hybridized carbons (Fsp3) is 0.455. The van der Waals surface area contributed by atoms with Gasteiger partial charge in [0.25, 0.3) is 0 Å². The normalized spacial score (nSPS) is 12.6. The van der Waals surface area contributed by atoms with Crippen molar-refractivity contribution in [3.63, 3.8) is 0 Å². The van der Waals surface area contributed by atoms with E-state index < -0.39 is 0 Å². The standard InChI is InChI=1S/C11H15Cl2NO/c1-7(3-4-14)9-5-8(12)6-10(13)11(9)15-2/h5-7H,3-4,14H2,1-2H3. The van der Waals surface area contributed by atoms with Gasteiger partial charge in [-0.05, 0) is 31.0 Å². The number of halogens is 2. The van der Waals surface area contributed by atoms with E-state index in [9.17, 15) is 0 Å². The summed E-state index contributed by atoms with van der Waals surface area (Å²) in [5, 5.41) is 1.17. The van der Waals surface area contributed by atoms with Crippen molar-refractivity contribution in [2.75, 3.05) is 13.7 Å². The summed E-state index contributed by atoms with van der Waals surface area (Å²) in [5.74, 6) is 0.989. The van der Waals surface area contributed by atoms with Crippen LogP contribution >= 0.6 is 23.2 Å². The van der Waals surface area contributed by atoms with Crippen LogP contribution in [0.15, 0.2) is 12.1 Å². The third-order valence-corrected chi connectivity index (χ3v) is 2.87. The molecular formula is C11H15Cl2NO. The van der Waals surface area contributed by atoms with E-state index in [1.165, 1.54) is 0 Å². The summed E-state index contributed by atoms with van der Waals surface area (Å²) in [4.78, 5) is 0. The second-order valence-electron chi connectivity index (χ2n) is 3.49. The van der Waals surface area contributed by atoms with Crippen molar-refractivity contribution in [3.05, 3.63) is 27.7 Å². The van der Waals surface area contributed by atoms with Gasteiger partial charge in [0.2, 0.25) is 0 Å². The molecule has 0 saturated heterocycles. The highest BCUT2D eigenvalue weighted by atomic mass is 35.5. The zero-order valence-electron chi connectivity index (χ0n) is 8.89. The monoisotopic (exact) mass is 247 g/mol. The van der Waals surface area contributed by atoms with E-state index in [1.54, 1.807) is 13.2 Å². The molecule has 4 heteroatoms. The molecule has 0 aliphatic rings. The van der Waals surface area contributed by atoms with Crippen LogP contribution in [0.5, 0.6) is 5.75 Å². The van der Waals surface area contributed by atoms with E-state index in [-0.39, 0.29) is 0 Å². The molecule has 15 heavy (non-hydrogen) atoms. The Balaban J connectivity index is 3.13. The SMILES string of the molecule is COc1c(Cl)cc(Cl)cc1C(C)CCN. The number of rotatable bonds is 4. The molecule has 0 saturated carbocycles. The summed E-state index contributed by atoms with van der Waals surface area (Å²) in [6.45, 7) is 2.71. The van der Waals surface area contributed by atoms with Gasteiger partial charge in [0, 0.05) is 10.6 Å². The molecular weight excluding hydrogens is 233 g/mol. The van der Waals surface area contributed by atoms with E-state index in [4.69, 9.17) is 33.7 Å². The van der Waals surface area contributed by atoms with E-state index in [0.717, 1.165) is 12.0 Å². The molecule has 0 fully saturated rings.